The molecule has 90 valence electrons. The van der Waals surface area contributed by atoms with E-state index in [4.69, 9.17) is 5.73 Å². The first kappa shape index (κ1) is 11.7. The summed E-state index contributed by atoms with van der Waals surface area (Å²) in [5.41, 5.74) is 7.86. The molecular weight excluding hydrogens is 234 g/mol. The lowest BCUT2D eigenvalue weighted by molar-refractivity contribution is 0.0935. The van der Waals surface area contributed by atoms with Gasteiger partial charge in [0.15, 0.2) is 0 Å². The zero-order valence-electron chi connectivity index (χ0n) is 9.57. The zero-order chi connectivity index (χ0) is 12.3. The second-order valence-corrected chi connectivity index (χ2v) is 4.84. The number of amides is 1. The van der Waals surface area contributed by atoms with Gasteiger partial charge >= 0.3 is 0 Å². The lowest BCUT2D eigenvalue weighted by Gasteiger charge is -2.12. The van der Waals surface area contributed by atoms with Crippen molar-refractivity contribution in [1.29, 1.82) is 0 Å². The molecule has 2 heterocycles. The van der Waals surface area contributed by atoms with Gasteiger partial charge in [0, 0.05) is 17.9 Å². The summed E-state index contributed by atoms with van der Waals surface area (Å²) in [6.45, 7) is 1.99. The smallest absolute Gasteiger partial charge is 0.267 e. The topological polar surface area (TPSA) is 70.9 Å². The average molecular weight is 249 g/mol. The van der Waals surface area contributed by atoms with Crippen molar-refractivity contribution in [3.8, 4) is 0 Å². The first-order valence-corrected chi connectivity index (χ1v) is 6.35. The van der Waals surface area contributed by atoms with Crippen LogP contribution in [-0.4, -0.2) is 16.9 Å². The number of nitrogen functional groups attached to an aromatic ring is 1. The lowest BCUT2D eigenvalue weighted by Crippen LogP contribution is -2.34. The SMILES string of the molecule is CC(Cc1ccsc1)NC(=O)c1cc(N)c[nH]1. The summed E-state index contributed by atoms with van der Waals surface area (Å²) in [6, 6.07) is 3.80. The quantitative estimate of drug-likeness (QED) is 0.775. The minimum Gasteiger partial charge on any atom is -0.397 e. The van der Waals surface area contributed by atoms with Gasteiger partial charge in [-0.05, 0) is 41.8 Å². The van der Waals surface area contributed by atoms with E-state index in [0.717, 1.165) is 6.42 Å². The number of H-pyrrole nitrogens is 1. The summed E-state index contributed by atoms with van der Waals surface area (Å²) >= 11 is 1.66. The Morgan fingerprint density at radius 2 is 2.47 bits per heavy atom. The molecular formula is C12H15N3OS. The van der Waals surface area contributed by atoms with Crippen LogP contribution >= 0.6 is 11.3 Å². The van der Waals surface area contributed by atoms with Crippen molar-refractivity contribution in [3.63, 3.8) is 0 Å². The molecule has 0 spiro atoms. The molecule has 4 N–H and O–H groups in total. The highest BCUT2D eigenvalue weighted by Crippen LogP contribution is 2.09. The Hall–Kier alpha value is -1.75. The molecule has 0 bridgehead atoms. The number of thiophene rings is 1. The summed E-state index contributed by atoms with van der Waals surface area (Å²) in [5.74, 6) is -0.121. The normalized spacial score (nSPS) is 12.3. The van der Waals surface area contributed by atoms with Crippen molar-refractivity contribution in [3.05, 3.63) is 40.3 Å². The zero-order valence-corrected chi connectivity index (χ0v) is 10.4. The van der Waals surface area contributed by atoms with Crippen LogP contribution in [0, 0.1) is 0 Å². The van der Waals surface area contributed by atoms with Crippen molar-refractivity contribution < 1.29 is 4.79 Å². The summed E-state index contributed by atoms with van der Waals surface area (Å²) in [6.07, 6.45) is 2.45. The van der Waals surface area contributed by atoms with E-state index in [0.29, 0.717) is 11.4 Å². The molecule has 5 heteroatoms. The lowest BCUT2D eigenvalue weighted by atomic mass is 10.1. The Morgan fingerprint density at radius 1 is 1.65 bits per heavy atom. The van der Waals surface area contributed by atoms with E-state index in [2.05, 4.69) is 21.7 Å². The molecule has 2 rings (SSSR count). The molecule has 0 aliphatic rings. The van der Waals surface area contributed by atoms with Gasteiger partial charge < -0.3 is 16.0 Å². The van der Waals surface area contributed by atoms with Gasteiger partial charge in [-0.2, -0.15) is 11.3 Å². The number of anilines is 1. The van der Waals surface area contributed by atoms with Gasteiger partial charge in [-0.3, -0.25) is 4.79 Å². The number of nitrogens with one attached hydrogen (secondary N) is 2. The molecule has 0 saturated heterocycles. The van der Waals surface area contributed by atoms with Crippen LogP contribution in [-0.2, 0) is 6.42 Å². The molecule has 2 aromatic rings. The molecule has 1 amide bonds. The van der Waals surface area contributed by atoms with E-state index >= 15 is 0 Å². The first-order valence-electron chi connectivity index (χ1n) is 5.41. The van der Waals surface area contributed by atoms with Crippen LogP contribution in [0.5, 0.6) is 0 Å². The van der Waals surface area contributed by atoms with Gasteiger partial charge in [-0.1, -0.05) is 0 Å². The maximum Gasteiger partial charge on any atom is 0.267 e. The van der Waals surface area contributed by atoms with Crippen molar-refractivity contribution in [1.82, 2.24) is 10.3 Å². The summed E-state index contributed by atoms with van der Waals surface area (Å²) in [4.78, 5) is 14.6. The highest BCUT2D eigenvalue weighted by molar-refractivity contribution is 7.07. The van der Waals surface area contributed by atoms with Crippen LogP contribution in [0.1, 0.15) is 23.0 Å². The number of carbonyl (C=O) groups excluding carboxylic acids is 1. The maximum atomic E-state index is 11.8. The van der Waals surface area contributed by atoms with Gasteiger partial charge in [0.25, 0.3) is 5.91 Å². The van der Waals surface area contributed by atoms with Crippen LogP contribution in [0.4, 0.5) is 5.69 Å². The molecule has 1 unspecified atom stereocenters. The number of nitrogens with two attached hydrogens (primary N) is 1. The minimum absolute atomic E-state index is 0.0987. The second kappa shape index (κ2) is 5.05. The van der Waals surface area contributed by atoms with Gasteiger partial charge in [-0.25, -0.2) is 0 Å². The number of carbonyl (C=O) groups is 1. The molecule has 1 atom stereocenters. The fraction of sp³-hybridized carbons (Fsp3) is 0.250. The Kier molecular flexibility index (Phi) is 3.49. The largest absolute Gasteiger partial charge is 0.397 e. The minimum atomic E-state index is -0.121. The predicted octanol–water partition coefficient (Wildman–Crippen LogP) is 2.02. The van der Waals surface area contributed by atoms with Crippen LogP contribution in [0.15, 0.2) is 29.1 Å². The molecule has 0 aliphatic heterocycles. The molecule has 0 fully saturated rings. The van der Waals surface area contributed by atoms with Gasteiger partial charge in [0.05, 0.1) is 0 Å². The summed E-state index contributed by atoms with van der Waals surface area (Å²) in [5, 5.41) is 7.06. The fourth-order valence-electron chi connectivity index (χ4n) is 1.66. The monoisotopic (exact) mass is 249 g/mol. The number of rotatable bonds is 4. The third kappa shape index (κ3) is 3.10. The van der Waals surface area contributed by atoms with Crippen molar-refractivity contribution in [2.75, 3.05) is 5.73 Å². The Bertz CT molecular complexity index is 490. The number of hydrogen-bond donors (Lipinski definition) is 3. The van der Waals surface area contributed by atoms with E-state index in [1.807, 2.05) is 12.3 Å². The summed E-state index contributed by atoms with van der Waals surface area (Å²) in [7, 11) is 0. The molecule has 17 heavy (non-hydrogen) atoms. The van der Waals surface area contributed by atoms with Crippen LogP contribution < -0.4 is 11.1 Å². The van der Waals surface area contributed by atoms with Crippen molar-refractivity contribution in [2.45, 2.75) is 19.4 Å². The molecule has 0 aromatic carbocycles. The standard InChI is InChI=1S/C12H15N3OS/c1-8(4-9-2-3-17-7-9)15-12(16)11-5-10(13)6-14-11/h2-3,5-8,14H,4,13H2,1H3,(H,15,16). The summed E-state index contributed by atoms with van der Waals surface area (Å²) < 4.78 is 0. The predicted molar refractivity (Wildman–Crippen MR) is 70.2 cm³/mol. The molecule has 0 aliphatic carbocycles. The number of hydrogen-bond acceptors (Lipinski definition) is 3. The fourth-order valence-corrected chi connectivity index (χ4v) is 2.34. The van der Waals surface area contributed by atoms with Crippen LogP contribution in [0.2, 0.25) is 0 Å². The van der Waals surface area contributed by atoms with E-state index in [1.54, 1.807) is 23.6 Å². The van der Waals surface area contributed by atoms with Crippen LogP contribution in [0.3, 0.4) is 0 Å². The Labute approximate surface area is 104 Å². The highest BCUT2D eigenvalue weighted by Gasteiger charge is 2.11. The second-order valence-electron chi connectivity index (χ2n) is 4.06. The van der Waals surface area contributed by atoms with Crippen molar-refractivity contribution >= 4 is 22.9 Å². The van der Waals surface area contributed by atoms with E-state index in [9.17, 15) is 4.79 Å². The Morgan fingerprint density at radius 3 is 3.06 bits per heavy atom. The third-order valence-electron chi connectivity index (χ3n) is 2.45. The number of aromatic nitrogens is 1. The van der Waals surface area contributed by atoms with Gasteiger partial charge in [0.2, 0.25) is 0 Å². The molecule has 0 saturated carbocycles. The Balaban J connectivity index is 1.90. The highest BCUT2D eigenvalue weighted by atomic mass is 32.1. The van der Waals surface area contributed by atoms with E-state index < -0.39 is 0 Å². The van der Waals surface area contributed by atoms with E-state index in [1.165, 1.54) is 5.56 Å². The first-order chi connectivity index (χ1) is 8.15. The third-order valence-corrected chi connectivity index (χ3v) is 3.18. The molecule has 4 nitrogen and oxygen atoms in total. The average Bonchev–Trinajstić information content (AvgIpc) is 2.89. The van der Waals surface area contributed by atoms with Gasteiger partial charge in [0.1, 0.15) is 5.69 Å². The van der Waals surface area contributed by atoms with Crippen LogP contribution in [0.25, 0.3) is 0 Å². The molecule has 2 aromatic heterocycles. The van der Waals surface area contributed by atoms with Crippen molar-refractivity contribution in [2.24, 2.45) is 0 Å². The maximum absolute atomic E-state index is 11.8. The number of aromatic amines is 1. The molecule has 0 radical (unpaired) electrons. The van der Waals surface area contributed by atoms with Gasteiger partial charge in [-0.15, -0.1) is 0 Å². The van der Waals surface area contributed by atoms with E-state index in [-0.39, 0.29) is 11.9 Å².